The lowest BCUT2D eigenvalue weighted by Crippen LogP contribution is -2.32. The zero-order chi connectivity index (χ0) is 15.0. The van der Waals surface area contributed by atoms with Gasteiger partial charge in [0.05, 0.1) is 5.56 Å². The van der Waals surface area contributed by atoms with Crippen LogP contribution in [0, 0.1) is 18.6 Å². The maximum atomic E-state index is 14.0. The molecule has 0 fully saturated rings. The fourth-order valence-electron chi connectivity index (χ4n) is 1.93. The number of benzene rings is 1. The van der Waals surface area contributed by atoms with Gasteiger partial charge in [0.2, 0.25) is 5.88 Å². The van der Waals surface area contributed by atoms with Gasteiger partial charge in [-0.2, -0.15) is 0 Å². The summed E-state index contributed by atoms with van der Waals surface area (Å²) in [4.78, 5) is 25.2. The molecule has 1 aromatic heterocycles. The Kier molecular flexibility index (Phi) is 3.44. The number of aromatic nitrogens is 2. The first-order valence-electron chi connectivity index (χ1n) is 5.90. The number of halogens is 2. The van der Waals surface area contributed by atoms with E-state index in [0.717, 1.165) is 6.07 Å². The molecule has 7 heteroatoms. The van der Waals surface area contributed by atoms with Crippen LogP contribution in [0.3, 0.4) is 0 Å². The minimum absolute atomic E-state index is 0.108. The van der Waals surface area contributed by atoms with Crippen LogP contribution in [-0.4, -0.2) is 14.7 Å². The lowest BCUT2D eigenvalue weighted by Gasteiger charge is -2.13. The fourth-order valence-corrected chi connectivity index (χ4v) is 1.93. The third-order valence-corrected chi connectivity index (χ3v) is 3.02. The Morgan fingerprint density at radius 2 is 1.95 bits per heavy atom. The van der Waals surface area contributed by atoms with Gasteiger partial charge in [0.25, 0.3) is 5.56 Å². The van der Waals surface area contributed by atoms with E-state index < -0.39 is 34.5 Å². The number of aromatic hydroxyl groups is 1. The first kappa shape index (κ1) is 14.0. The second-order valence-electron chi connectivity index (χ2n) is 4.28. The monoisotopic (exact) mass is 282 g/mol. The maximum absolute atomic E-state index is 14.0. The predicted octanol–water partition coefficient (Wildman–Crippen LogP) is 1.38. The Balaban J connectivity index is 2.95. The van der Waals surface area contributed by atoms with Gasteiger partial charge < -0.3 is 5.11 Å². The van der Waals surface area contributed by atoms with Crippen molar-refractivity contribution >= 4 is 0 Å². The Morgan fingerprint density at radius 3 is 2.55 bits per heavy atom. The van der Waals surface area contributed by atoms with Crippen molar-refractivity contribution in [1.82, 2.24) is 9.55 Å². The van der Waals surface area contributed by atoms with Gasteiger partial charge in [-0.15, -0.1) is 0 Å². The molecule has 0 saturated heterocycles. The molecule has 20 heavy (non-hydrogen) atoms. The Morgan fingerprint density at radius 1 is 1.30 bits per heavy atom. The summed E-state index contributed by atoms with van der Waals surface area (Å²) >= 11 is 0. The minimum Gasteiger partial charge on any atom is -0.494 e. The van der Waals surface area contributed by atoms with E-state index >= 15 is 0 Å². The highest BCUT2D eigenvalue weighted by molar-refractivity contribution is 5.43. The van der Waals surface area contributed by atoms with Crippen LogP contribution in [0.15, 0.2) is 21.7 Å². The Bertz CT molecular complexity index is 793. The fraction of sp³-hybridized carbons (Fsp3) is 0.231. The summed E-state index contributed by atoms with van der Waals surface area (Å²) in [5, 5.41) is 9.95. The molecule has 106 valence electrons. The van der Waals surface area contributed by atoms with Crippen LogP contribution in [0.4, 0.5) is 8.78 Å². The van der Waals surface area contributed by atoms with Crippen molar-refractivity contribution in [3.63, 3.8) is 0 Å². The molecule has 0 aliphatic carbocycles. The van der Waals surface area contributed by atoms with Gasteiger partial charge in [-0.1, -0.05) is 13.0 Å². The number of nitrogens with zero attached hydrogens (tertiary/aromatic N) is 1. The van der Waals surface area contributed by atoms with Crippen LogP contribution in [0.2, 0.25) is 0 Å². The van der Waals surface area contributed by atoms with E-state index in [1.807, 2.05) is 4.98 Å². The summed E-state index contributed by atoms with van der Waals surface area (Å²) in [6, 6.07) is 2.19. The summed E-state index contributed by atoms with van der Waals surface area (Å²) in [7, 11) is 0. The van der Waals surface area contributed by atoms with Crippen LogP contribution >= 0.6 is 0 Å². The molecule has 0 aliphatic heterocycles. The highest BCUT2D eigenvalue weighted by Crippen LogP contribution is 2.24. The van der Waals surface area contributed by atoms with Crippen LogP contribution in [0.1, 0.15) is 18.1 Å². The van der Waals surface area contributed by atoms with Crippen molar-refractivity contribution < 1.29 is 13.9 Å². The smallest absolute Gasteiger partial charge is 0.335 e. The zero-order valence-corrected chi connectivity index (χ0v) is 10.8. The second-order valence-corrected chi connectivity index (χ2v) is 4.28. The molecule has 0 radical (unpaired) electrons. The number of rotatable bonds is 2. The number of nitrogens with one attached hydrogen (secondary N) is 1. The highest BCUT2D eigenvalue weighted by atomic mass is 19.1. The second kappa shape index (κ2) is 4.92. The van der Waals surface area contributed by atoms with E-state index in [9.17, 15) is 23.5 Å². The first-order chi connectivity index (χ1) is 9.38. The zero-order valence-electron chi connectivity index (χ0n) is 10.8. The summed E-state index contributed by atoms with van der Waals surface area (Å²) in [5.74, 6) is -2.75. The topological polar surface area (TPSA) is 75.1 Å². The van der Waals surface area contributed by atoms with Gasteiger partial charge in [-0.25, -0.2) is 18.1 Å². The molecular formula is C13H12F2N2O3. The van der Waals surface area contributed by atoms with E-state index in [1.165, 1.54) is 13.0 Å². The summed E-state index contributed by atoms with van der Waals surface area (Å²) < 4.78 is 28.3. The van der Waals surface area contributed by atoms with E-state index in [1.54, 1.807) is 6.92 Å². The highest BCUT2D eigenvalue weighted by Gasteiger charge is 2.21. The molecular weight excluding hydrogens is 270 g/mol. The Hall–Kier alpha value is -2.44. The lowest BCUT2D eigenvalue weighted by molar-refractivity contribution is 0.416. The first-order valence-corrected chi connectivity index (χ1v) is 5.90. The number of H-pyrrole nitrogens is 1. The molecule has 5 nitrogen and oxygen atoms in total. The van der Waals surface area contributed by atoms with Crippen molar-refractivity contribution in [2.75, 3.05) is 0 Å². The van der Waals surface area contributed by atoms with Crippen LogP contribution in [0.5, 0.6) is 5.88 Å². The van der Waals surface area contributed by atoms with Gasteiger partial charge in [-0.05, 0) is 25.0 Å². The van der Waals surface area contributed by atoms with Crippen molar-refractivity contribution in [3.8, 4) is 11.6 Å². The number of aryl methyl sites for hydroxylation is 1. The minimum atomic E-state index is -1.10. The van der Waals surface area contributed by atoms with E-state index in [2.05, 4.69) is 0 Å². The standard InChI is InChI=1S/C13H12F2N2O3/c1-3-7-11(18)16-13(20)17(12(7)19)10-8(14)5-4-6(2)9(10)15/h4-5,19H,3H2,1-2H3,(H,16,18,20). The molecule has 0 amide bonds. The molecule has 1 heterocycles. The molecule has 2 N–H and O–H groups in total. The third-order valence-electron chi connectivity index (χ3n) is 3.02. The average Bonchev–Trinajstić information content (AvgIpc) is 2.38. The summed E-state index contributed by atoms with van der Waals surface area (Å²) in [5.41, 5.74) is -2.60. The number of hydrogen-bond donors (Lipinski definition) is 2. The molecule has 0 bridgehead atoms. The molecule has 2 aromatic rings. The van der Waals surface area contributed by atoms with Crippen LogP contribution in [0.25, 0.3) is 5.69 Å². The van der Waals surface area contributed by atoms with Crippen LogP contribution < -0.4 is 11.2 Å². The molecule has 0 saturated carbocycles. The SMILES string of the molecule is CCc1c(O)n(-c2c(F)ccc(C)c2F)c(=O)[nH]c1=O. The van der Waals surface area contributed by atoms with Crippen LogP contribution in [-0.2, 0) is 6.42 Å². The van der Waals surface area contributed by atoms with Crippen molar-refractivity contribution in [1.29, 1.82) is 0 Å². The largest absolute Gasteiger partial charge is 0.494 e. The predicted molar refractivity (Wildman–Crippen MR) is 68.4 cm³/mol. The molecule has 0 aliphatic rings. The number of aromatic amines is 1. The van der Waals surface area contributed by atoms with Gasteiger partial charge in [-0.3, -0.25) is 9.78 Å². The van der Waals surface area contributed by atoms with E-state index in [-0.39, 0.29) is 17.5 Å². The number of hydrogen-bond acceptors (Lipinski definition) is 3. The van der Waals surface area contributed by atoms with Crippen molar-refractivity contribution in [2.45, 2.75) is 20.3 Å². The quantitative estimate of drug-likeness (QED) is 0.873. The Labute approximate surface area is 112 Å². The summed E-state index contributed by atoms with van der Waals surface area (Å²) in [6.45, 7) is 2.97. The molecule has 0 unspecified atom stereocenters. The van der Waals surface area contributed by atoms with Gasteiger partial charge in [0.15, 0.2) is 11.6 Å². The maximum Gasteiger partial charge on any atom is 0.335 e. The molecule has 1 aromatic carbocycles. The van der Waals surface area contributed by atoms with Crippen molar-refractivity contribution in [2.24, 2.45) is 0 Å². The van der Waals surface area contributed by atoms with Crippen molar-refractivity contribution in [3.05, 3.63) is 55.7 Å². The molecule has 0 spiro atoms. The third kappa shape index (κ3) is 2.01. The molecule has 0 atom stereocenters. The van der Waals surface area contributed by atoms with Gasteiger partial charge in [0.1, 0.15) is 5.69 Å². The normalized spacial score (nSPS) is 10.8. The molecule has 2 rings (SSSR count). The van der Waals surface area contributed by atoms with E-state index in [0.29, 0.717) is 4.57 Å². The van der Waals surface area contributed by atoms with Gasteiger partial charge in [0, 0.05) is 0 Å². The van der Waals surface area contributed by atoms with E-state index in [4.69, 9.17) is 0 Å². The summed E-state index contributed by atoms with van der Waals surface area (Å²) in [6.07, 6.45) is 0.108. The average molecular weight is 282 g/mol. The lowest BCUT2D eigenvalue weighted by atomic mass is 10.2. The van der Waals surface area contributed by atoms with Gasteiger partial charge >= 0.3 is 5.69 Å².